The number of rotatable bonds is 3. The van der Waals surface area contributed by atoms with Gasteiger partial charge in [-0.15, -0.1) is 0 Å². The van der Waals surface area contributed by atoms with Crippen molar-refractivity contribution in [2.45, 2.75) is 44.1 Å². The molecule has 5 nitrogen and oxygen atoms in total. The summed E-state index contributed by atoms with van der Waals surface area (Å²) in [7, 11) is 0. The fraction of sp³-hybridized carbons (Fsp3) is 0.438. The number of hydrogen-bond acceptors (Lipinski definition) is 4. The van der Waals surface area contributed by atoms with E-state index in [9.17, 15) is 9.90 Å². The number of carboxylic acids is 1. The van der Waals surface area contributed by atoms with Gasteiger partial charge in [-0.25, -0.2) is 14.8 Å². The molecule has 5 heteroatoms. The third-order valence-corrected chi connectivity index (χ3v) is 4.21. The van der Waals surface area contributed by atoms with Gasteiger partial charge in [0, 0.05) is 11.6 Å². The molecule has 2 aromatic rings. The van der Waals surface area contributed by atoms with E-state index in [0.29, 0.717) is 18.8 Å². The van der Waals surface area contributed by atoms with E-state index in [2.05, 4.69) is 15.3 Å². The Balaban J connectivity index is 1.91. The molecule has 1 saturated carbocycles. The maximum Gasteiger partial charge on any atom is 0.329 e. The molecule has 0 saturated heterocycles. The quantitative estimate of drug-likeness (QED) is 0.847. The highest BCUT2D eigenvalue weighted by Gasteiger charge is 2.39. The zero-order valence-electron chi connectivity index (χ0n) is 11.9. The normalized spacial score (nSPS) is 18.1. The summed E-state index contributed by atoms with van der Waals surface area (Å²) >= 11 is 0. The maximum absolute atomic E-state index is 11.8. The molecule has 0 spiro atoms. The van der Waals surface area contributed by atoms with Gasteiger partial charge in [-0.1, -0.05) is 43.9 Å². The average Bonchev–Trinajstić information content (AvgIpc) is 2.74. The first-order chi connectivity index (χ1) is 10.2. The van der Waals surface area contributed by atoms with Crippen LogP contribution >= 0.6 is 0 Å². The van der Waals surface area contributed by atoms with Crippen LogP contribution in [-0.4, -0.2) is 26.6 Å². The SMILES string of the molecule is O=C(O)C1(Nc2ncc3ccccc3n2)CCCCCC1. The van der Waals surface area contributed by atoms with Crippen LogP contribution < -0.4 is 5.32 Å². The molecule has 0 atom stereocenters. The Hall–Kier alpha value is -2.17. The Kier molecular flexibility index (Phi) is 3.73. The Bertz CT molecular complexity index is 649. The highest BCUT2D eigenvalue weighted by Crippen LogP contribution is 2.30. The van der Waals surface area contributed by atoms with Crippen molar-refractivity contribution in [3.63, 3.8) is 0 Å². The topological polar surface area (TPSA) is 75.1 Å². The van der Waals surface area contributed by atoms with Gasteiger partial charge in [0.25, 0.3) is 0 Å². The van der Waals surface area contributed by atoms with Crippen LogP contribution in [0.1, 0.15) is 38.5 Å². The van der Waals surface area contributed by atoms with E-state index in [4.69, 9.17) is 0 Å². The van der Waals surface area contributed by atoms with Gasteiger partial charge < -0.3 is 10.4 Å². The minimum Gasteiger partial charge on any atom is -0.480 e. The van der Waals surface area contributed by atoms with Crippen LogP contribution in [0.2, 0.25) is 0 Å². The molecule has 0 bridgehead atoms. The van der Waals surface area contributed by atoms with Gasteiger partial charge in [0.15, 0.2) is 0 Å². The minimum atomic E-state index is -0.932. The first-order valence-electron chi connectivity index (χ1n) is 7.43. The number of nitrogens with zero attached hydrogens (tertiary/aromatic N) is 2. The molecule has 1 aliphatic carbocycles. The van der Waals surface area contributed by atoms with E-state index in [1.807, 2.05) is 24.3 Å². The average molecular weight is 285 g/mol. The summed E-state index contributed by atoms with van der Waals surface area (Å²) in [6.45, 7) is 0. The molecule has 1 aliphatic rings. The number of carboxylic acid groups (broad SMARTS) is 1. The first-order valence-corrected chi connectivity index (χ1v) is 7.43. The zero-order valence-corrected chi connectivity index (χ0v) is 11.9. The van der Waals surface area contributed by atoms with E-state index in [-0.39, 0.29) is 0 Å². The van der Waals surface area contributed by atoms with Crippen LogP contribution in [0.15, 0.2) is 30.5 Å². The molecule has 21 heavy (non-hydrogen) atoms. The van der Waals surface area contributed by atoms with Gasteiger partial charge >= 0.3 is 5.97 Å². The number of nitrogens with one attached hydrogen (secondary N) is 1. The van der Waals surface area contributed by atoms with Gasteiger partial charge in [-0.05, 0) is 18.9 Å². The van der Waals surface area contributed by atoms with E-state index >= 15 is 0 Å². The summed E-state index contributed by atoms with van der Waals surface area (Å²) in [6, 6.07) is 7.70. The molecule has 3 rings (SSSR count). The van der Waals surface area contributed by atoms with Crippen molar-refractivity contribution in [2.75, 3.05) is 5.32 Å². The number of benzene rings is 1. The number of hydrogen-bond donors (Lipinski definition) is 2. The fourth-order valence-electron chi connectivity index (χ4n) is 2.97. The minimum absolute atomic E-state index is 0.401. The van der Waals surface area contributed by atoms with Crippen LogP contribution in [0, 0.1) is 0 Å². The third kappa shape index (κ3) is 2.82. The largest absolute Gasteiger partial charge is 0.480 e. The molecular weight excluding hydrogens is 266 g/mol. The molecular formula is C16H19N3O2. The molecule has 1 aromatic heterocycles. The summed E-state index contributed by atoms with van der Waals surface area (Å²) < 4.78 is 0. The van der Waals surface area contributed by atoms with Crippen LogP contribution in [0.5, 0.6) is 0 Å². The number of carbonyl (C=O) groups is 1. The summed E-state index contributed by atoms with van der Waals surface area (Å²) in [5, 5.41) is 13.7. The third-order valence-electron chi connectivity index (χ3n) is 4.21. The van der Waals surface area contributed by atoms with E-state index in [1.165, 1.54) is 0 Å². The first kappa shape index (κ1) is 13.8. The van der Waals surface area contributed by atoms with E-state index < -0.39 is 11.5 Å². The zero-order chi connectivity index (χ0) is 14.7. The summed E-state index contributed by atoms with van der Waals surface area (Å²) in [6.07, 6.45) is 7.01. The van der Waals surface area contributed by atoms with E-state index in [0.717, 1.165) is 36.6 Å². The van der Waals surface area contributed by atoms with Crippen molar-refractivity contribution in [1.82, 2.24) is 9.97 Å². The predicted molar refractivity (Wildman–Crippen MR) is 81.2 cm³/mol. The van der Waals surface area contributed by atoms with Crippen LogP contribution in [0.4, 0.5) is 5.95 Å². The van der Waals surface area contributed by atoms with Crippen molar-refractivity contribution in [1.29, 1.82) is 0 Å². The van der Waals surface area contributed by atoms with E-state index in [1.54, 1.807) is 6.20 Å². The van der Waals surface area contributed by atoms with Crippen molar-refractivity contribution in [3.8, 4) is 0 Å². The molecule has 0 radical (unpaired) electrons. The molecule has 1 aromatic carbocycles. The Morgan fingerprint density at radius 1 is 1.14 bits per heavy atom. The van der Waals surface area contributed by atoms with Gasteiger partial charge in [0.1, 0.15) is 5.54 Å². The molecule has 2 N–H and O–H groups in total. The Morgan fingerprint density at radius 2 is 1.86 bits per heavy atom. The van der Waals surface area contributed by atoms with Crippen molar-refractivity contribution >= 4 is 22.8 Å². The standard InChI is InChI=1S/C16H19N3O2/c20-14(21)16(9-5-1-2-6-10-16)19-15-17-11-12-7-3-4-8-13(12)18-15/h3-4,7-8,11H,1-2,5-6,9-10H2,(H,20,21)(H,17,18,19). The molecule has 110 valence electrons. The highest BCUT2D eigenvalue weighted by atomic mass is 16.4. The highest BCUT2D eigenvalue weighted by molar-refractivity contribution is 5.83. The van der Waals surface area contributed by atoms with Crippen LogP contribution in [-0.2, 0) is 4.79 Å². The Labute approximate surface area is 123 Å². The molecule has 0 unspecified atom stereocenters. The van der Waals surface area contributed by atoms with Crippen molar-refractivity contribution in [3.05, 3.63) is 30.5 Å². The summed E-state index contributed by atoms with van der Waals surface area (Å²) in [5.74, 6) is -0.404. The van der Waals surface area contributed by atoms with Gasteiger partial charge in [-0.2, -0.15) is 0 Å². The van der Waals surface area contributed by atoms with Gasteiger partial charge in [0.05, 0.1) is 5.52 Å². The van der Waals surface area contributed by atoms with Crippen molar-refractivity contribution in [2.24, 2.45) is 0 Å². The molecule has 1 heterocycles. The smallest absolute Gasteiger partial charge is 0.329 e. The lowest BCUT2D eigenvalue weighted by molar-refractivity contribution is -0.142. The number of aliphatic carboxylic acids is 1. The summed E-state index contributed by atoms with van der Waals surface area (Å²) in [4.78, 5) is 20.5. The predicted octanol–water partition coefficient (Wildman–Crippen LogP) is 3.22. The van der Waals surface area contributed by atoms with Gasteiger partial charge in [-0.3, -0.25) is 0 Å². The number of fused-ring (bicyclic) bond motifs is 1. The molecule has 0 aliphatic heterocycles. The molecule has 0 amide bonds. The van der Waals surface area contributed by atoms with Crippen LogP contribution in [0.25, 0.3) is 10.9 Å². The fourth-order valence-corrected chi connectivity index (χ4v) is 2.97. The lowest BCUT2D eigenvalue weighted by atomic mass is 9.90. The second kappa shape index (κ2) is 5.68. The van der Waals surface area contributed by atoms with Gasteiger partial charge in [0.2, 0.25) is 5.95 Å². The second-order valence-corrected chi connectivity index (χ2v) is 5.68. The molecule has 1 fully saturated rings. The van der Waals surface area contributed by atoms with Crippen molar-refractivity contribution < 1.29 is 9.90 Å². The number of anilines is 1. The lowest BCUT2D eigenvalue weighted by Gasteiger charge is -2.29. The number of para-hydroxylation sites is 1. The summed E-state index contributed by atoms with van der Waals surface area (Å²) in [5.41, 5.74) is -0.108. The lowest BCUT2D eigenvalue weighted by Crippen LogP contribution is -2.46. The Morgan fingerprint density at radius 3 is 2.57 bits per heavy atom. The maximum atomic E-state index is 11.8. The second-order valence-electron chi connectivity index (χ2n) is 5.68. The number of aromatic nitrogens is 2. The van der Waals surface area contributed by atoms with Crippen LogP contribution in [0.3, 0.4) is 0 Å². The monoisotopic (exact) mass is 285 g/mol.